The van der Waals surface area contributed by atoms with Crippen LogP contribution in [0.4, 0.5) is 0 Å². The number of carbonyl (C=O) groups is 2. The fourth-order valence-electron chi connectivity index (χ4n) is 3.53. The molecular formula is C25H32N2O2. The van der Waals surface area contributed by atoms with Crippen molar-refractivity contribution in [1.82, 2.24) is 9.88 Å². The molecule has 4 nitrogen and oxygen atoms in total. The number of hydrogen-bond donors (Lipinski definition) is 1. The van der Waals surface area contributed by atoms with E-state index in [0.29, 0.717) is 5.56 Å². The predicted octanol–water partition coefficient (Wildman–Crippen LogP) is 5.55. The van der Waals surface area contributed by atoms with Crippen molar-refractivity contribution >= 4 is 22.5 Å². The number of nitrogens with one attached hydrogen (secondary N) is 1. The number of rotatable bonds is 5. The van der Waals surface area contributed by atoms with Gasteiger partial charge in [-0.2, -0.15) is 0 Å². The molecule has 0 bridgehead atoms. The molecule has 1 N–H and O–H groups in total. The largest absolute Gasteiger partial charge is 0.360 e. The molecule has 0 spiro atoms. The third-order valence-electron chi connectivity index (χ3n) is 4.96. The molecule has 0 unspecified atom stereocenters. The van der Waals surface area contributed by atoms with Crippen LogP contribution in [0.5, 0.6) is 0 Å². The Labute approximate surface area is 173 Å². The highest BCUT2D eigenvalue weighted by atomic mass is 16.2. The molecule has 1 aliphatic heterocycles. The quantitative estimate of drug-likeness (QED) is 0.457. The first-order chi connectivity index (χ1) is 14.2. The summed E-state index contributed by atoms with van der Waals surface area (Å²) >= 11 is 0. The lowest BCUT2D eigenvalue weighted by Crippen LogP contribution is -2.16. The zero-order valence-corrected chi connectivity index (χ0v) is 18.2. The molecule has 2 aromatic carbocycles. The van der Waals surface area contributed by atoms with Gasteiger partial charge in [0.1, 0.15) is 0 Å². The van der Waals surface area contributed by atoms with Gasteiger partial charge < -0.3 is 4.98 Å². The van der Waals surface area contributed by atoms with Gasteiger partial charge in [0.05, 0.1) is 5.56 Å². The number of fused-ring (bicyclic) bond motifs is 2. The van der Waals surface area contributed by atoms with Crippen LogP contribution >= 0.6 is 0 Å². The summed E-state index contributed by atoms with van der Waals surface area (Å²) in [6.45, 7) is 13.1. The summed E-state index contributed by atoms with van der Waals surface area (Å²) in [4.78, 5) is 30.5. The molecule has 0 radical (unpaired) electrons. The van der Waals surface area contributed by atoms with Crippen LogP contribution in [-0.2, 0) is 24.3 Å². The van der Waals surface area contributed by atoms with E-state index in [-0.39, 0.29) is 12.2 Å². The second-order valence-electron chi connectivity index (χ2n) is 6.58. The van der Waals surface area contributed by atoms with Gasteiger partial charge >= 0.3 is 0 Å². The maximum absolute atomic E-state index is 12.6. The number of para-hydroxylation sites is 1. The fraction of sp³-hybridized carbons (Fsp3) is 0.360. The fourth-order valence-corrected chi connectivity index (χ4v) is 3.53. The van der Waals surface area contributed by atoms with Crippen molar-refractivity contribution in [1.29, 1.82) is 0 Å². The molecular weight excluding hydrogens is 360 g/mol. The van der Waals surface area contributed by atoms with Gasteiger partial charge in [0.2, 0.25) is 11.6 Å². The summed E-state index contributed by atoms with van der Waals surface area (Å²) in [5.74, 6) is -0.789. The van der Waals surface area contributed by atoms with E-state index in [1.807, 2.05) is 58.0 Å². The van der Waals surface area contributed by atoms with E-state index in [4.69, 9.17) is 0 Å². The standard InChI is InChI=1S/C21H20N2O2.2C2H6/c1-2-23-12-15-8-7-14(9-16(15)13-23)10-20(24)21(25)18-11-22-19-6-4-3-5-17(18)19;2*1-2/h3-9,11,22H,2,10,12-13H2,1H3;2*1-2H3. The van der Waals surface area contributed by atoms with Crippen molar-refractivity contribution in [3.05, 3.63) is 70.9 Å². The minimum Gasteiger partial charge on any atom is -0.360 e. The molecule has 3 aromatic rings. The van der Waals surface area contributed by atoms with E-state index >= 15 is 0 Å². The van der Waals surface area contributed by atoms with Crippen LogP contribution in [0.15, 0.2) is 48.7 Å². The van der Waals surface area contributed by atoms with E-state index in [9.17, 15) is 9.59 Å². The first kappa shape index (κ1) is 22.6. The summed E-state index contributed by atoms with van der Waals surface area (Å²) in [6.07, 6.45) is 1.78. The summed E-state index contributed by atoms with van der Waals surface area (Å²) in [5.41, 5.74) is 4.83. The Morgan fingerprint density at radius 3 is 2.38 bits per heavy atom. The second kappa shape index (κ2) is 10.7. The summed E-state index contributed by atoms with van der Waals surface area (Å²) in [7, 11) is 0. The molecule has 1 aliphatic rings. The molecule has 0 atom stereocenters. The minimum absolute atomic E-state index is 0.151. The second-order valence-corrected chi connectivity index (χ2v) is 6.58. The smallest absolute Gasteiger partial charge is 0.231 e. The Morgan fingerprint density at radius 1 is 0.966 bits per heavy atom. The Hall–Kier alpha value is -2.72. The van der Waals surface area contributed by atoms with Gasteiger partial charge in [-0.25, -0.2) is 0 Å². The molecule has 4 heteroatoms. The highest BCUT2D eigenvalue weighted by Crippen LogP contribution is 2.24. The van der Waals surface area contributed by atoms with Crippen LogP contribution in [0.25, 0.3) is 10.9 Å². The Balaban J connectivity index is 0.000000707. The zero-order valence-electron chi connectivity index (χ0n) is 18.2. The van der Waals surface area contributed by atoms with Crippen LogP contribution in [0.1, 0.15) is 61.7 Å². The molecule has 0 amide bonds. The van der Waals surface area contributed by atoms with E-state index in [1.165, 1.54) is 11.1 Å². The summed E-state index contributed by atoms with van der Waals surface area (Å²) < 4.78 is 0. The average Bonchev–Trinajstić information content (AvgIpc) is 3.39. The molecule has 154 valence electrons. The van der Waals surface area contributed by atoms with E-state index in [1.54, 1.807) is 6.20 Å². The maximum Gasteiger partial charge on any atom is 0.231 e. The number of aromatic nitrogens is 1. The van der Waals surface area contributed by atoms with Crippen molar-refractivity contribution in [2.75, 3.05) is 6.54 Å². The lowest BCUT2D eigenvalue weighted by Gasteiger charge is -2.09. The summed E-state index contributed by atoms with van der Waals surface area (Å²) in [6, 6.07) is 13.7. The first-order valence-electron chi connectivity index (χ1n) is 10.6. The van der Waals surface area contributed by atoms with Gasteiger partial charge in [0.15, 0.2) is 0 Å². The number of hydrogen-bond acceptors (Lipinski definition) is 3. The number of ketones is 2. The zero-order chi connectivity index (χ0) is 21.4. The van der Waals surface area contributed by atoms with Crippen molar-refractivity contribution in [3.8, 4) is 0 Å². The van der Waals surface area contributed by atoms with Gasteiger partial charge in [0.25, 0.3) is 0 Å². The molecule has 4 rings (SSSR count). The molecule has 0 fully saturated rings. The molecule has 1 aromatic heterocycles. The van der Waals surface area contributed by atoms with Gasteiger partial charge in [-0.15, -0.1) is 0 Å². The molecule has 2 heterocycles. The number of Topliss-reactive ketones (excluding diaryl/α,β-unsaturated/α-hetero) is 2. The summed E-state index contributed by atoms with van der Waals surface area (Å²) in [5, 5.41) is 0.799. The number of nitrogens with zero attached hydrogens (tertiary/aromatic N) is 1. The lowest BCUT2D eigenvalue weighted by atomic mass is 9.98. The number of aromatic amines is 1. The van der Waals surface area contributed by atoms with Crippen molar-refractivity contribution in [3.63, 3.8) is 0 Å². The normalized spacial score (nSPS) is 12.4. The number of benzene rings is 2. The topological polar surface area (TPSA) is 53.2 Å². The third kappa shape index (κ3) is 5.01. The van der Waals surface area contributed by atoms with E-state index in [0.717, 1.165) is 36.1 Å². The van der Waals surface area contributed by atoms with Gasteiger partial charge in [-0.05, 0) is 29.3 Å². The number of carbonyl (C=O) groups excluding carboxylic acids is 2. The molecule has 0 aliphatic carbocycles. The highest BCUT2D eigenvalue weighted by Gasteiger charge is 2.22. The third-order valence-corrected chi connectivity index (χ3v) is 4.96. The van der Waals surface area contributed by atoms with Gasteiger partial charge in [-0.3, -0.25) is 14.5 Å². The molecule has 0 saturated heterocycles. The monoisotopic (exact) mass is 392 g/mol. The first-order valence-corrected chi connectivity index (χ1v) is 10.6. The maximum atomic E-state index is 12.6. The van der Waals surface area contributed by atoms with E-state index < -0.39 is 5.78 Å². The SMILES string of the molecule is CC.CC.CCN1Cc2ccc(CC(=O)C(=O)c3c[nH]c4ccccc34)cc2C1. The molecule has 29 heavy (non-hydrogen) atoms. The molecule has 0 saturated carbocycles. The van der Waals surface area contributed by atoms with Crippen LogP contribution in [0.3, 0.4) is 0 Å². The van der Waals surface area contributed by atoms with Crippen molar-refractivity contribution < 1.29 is 9.59 Å². The van der Waals surface area contributed by atoms with Crippen LogP contribution < -0.4 is 0 Å². The van der Waals surface area contributed by atoms with Crippen LogP contribution in [0, 0.1) is 0 Å². The average molecular weight is 393 g/mol. The minimum atomic E-state index is -0.423. The Bertz CT molecular complexity index is 972. The number of H-pyrrole nitrogens is 1. The van der Waals surface area contributed by atoms with E-state index in [2.05, 4.69) is 28.9 Å². The lowest BCUT2D eigenvalue weighted by molar-refractivity contribution is -0.114. The highest BCUT2D eigenvalue weighted by molar-refractivity contribution is 6.46. The van der Waals surface area contributed by atoms with Crippen LogP contribution in [0.2, 0.25) is 0 Å². The van der Waals surface area contributed by atoms with Gasteiger partial charge in [-0.1, -0.05) is 71.0 Å². The van der Waals surface area contributed by atoms with Crippen molar-refractivity contribution in [2.24, 2.45) is 0 Å². The van der Waals surface area contributed by atoms with Crippen molar-refractivity contribution in [2.45, 2.75) is 54.1 Å². The Morgan fingerprint density at radius 2 is 1.66 bits per heavy atom. The van der Waals surface area contributed by atoms with Crippen LogP contribution in [-0.4, -0.2) is 28.0 Å². The Kier molecular flexibility index (Phi) is 8.34. The van der Waals surface area contributed by atoms with Gasteiger partial charge in [0, 0.05) is 36.6 Å². The predicted molar refractivity (Wildman–Crippen MR) is 120 cm³/mol.